The highest BCUT2D eigenvalue weighted by Gasteiger charge is 2.09. The number of rotatable bonds is 2. The predicted octanol–water partition coefficient (Wildman–Crippen LogP) is 1.78. The Morgan fingerprint density at radius 1 is 1.26 bits per heavy atom. The first-order valence-corrected chi connectivity index (χ1v) is 6.12. The fourth-order valence-electron chi connectivity index (χ4n) is 2.14. The summed E-state index contributed by atoms with van der Waals surface area (Å²) in [6.07, 6.45) is 1.57. The third-order valence-corrected chi connectivity index (χ3v) is 3.21. The van der Waals surface area contributed by atoms with E-state index in [4.69, 9.17) is 0 Å². The van der Waals surface area contributed by atoms with Crippen LogP contribution in [-0.4, -0.2) is 19.7 Å². The normalized spacial score (nSPS) is 11.1. The average molecular weight is 254 g/mol. The molecule has 0 bridgehead atoms. The van der Waals surface area contributed by atoms with Crippen LogP contribution >= 0.6 is 0 Å². The van der Waals surface area contributed by atoms with E-state index in [1.54, 1.807) is 17.8 Å². The van der Waals surface area contributed by atoms with Crippen LogP contribution in [0.3, 0.4) is 0 Å². The SMILES string of the molecule is Cc1nc2c(cnn2Cc2ccccc2C)c(=O)[nH]1. The van der Waals surface area contributed by atoms with Crippen LogP contribution in [-0.2, 0) is 6.54 Å². The van der Waals surface area contributed by atoms with Gasteiger partial charge >= 0.3 is 0 Å². The van der Waals surface area contributed by atoms with Gasteiger partial charge in [-0.2, -0.15) is 5.10 Å². The minimum Gasteiger partial charge on any atom is -0.310 e. The zero-order valence-corrected chi connectivity index (χ0v) is 10.8. The number of nitrogens with one attached hydrogen (secondary N) is 1. The van der Waals surface area contributed by atoms with Gasteiger partial charge in [-0.15, -0.1) is 0 Å². The first-order valence-electron chi connectivity index (χ1n) is 6.12. The maximum Gasteiger partial charge on any atom is 0.262 e. The molecular formula is C14H14N4O. The molecule has 0 fully saturated rings. The molecule has 0 aliphatic heterocycles. The molecule has 0 aliphatic carbocycles. The number of nitrogens with zero attached hydrogens (tertiary/aromatic N) is 3. The number of aromatic amines is 1. The molecule has 0 aliphatic rings. The molecule has 0 unspecified atom stereocenters. The maximum absolute atomic E-state index is 11.8. The van der Waals surface area contributed by atoms with Crippen molar-refractivity contribution in [2.24, 2.45) is 0 Å². The van der Waals surface area contributed by atoms with E-state index in [1.165, 1.54) is 11.1 Å². The molecule has 1 N–H and O–H groups in total. The molecule has 0 atom stereocenters. The third kappa shape index (κ3) is 2.03. The third-order valence-electron chi connectivity index (χ3n) is 3.21. The van der Waals surface area contributed by atoms with Gasteiger partial charge in [0.05, 0.1) is 12.7 Å². The van der Waals surface area contributed by atoms with Crippen LogP contribution < -0.4 is 5.56 Å². The zero-order chi connectivity index (χ0) is 13.4. The predicted molar refractivity (Wildman–Crippen MR) is 73.2 cm³/mol. The Balaban J connectivity index is 2.12. The van der Waals surface area contributed by atoms with E-state index >= 15 is 0 Å². The Morgan fingerprint density at radius 3 is 2.84 bits per heavy atom. The van der Waals surface area contributed by atoms with Crippen LogP contribution in [0.15, 0.2) is 35.3 Å². The molecule has 0 amide bonds. The van der Waals surface area contributed by atoms with E-state index in [1.807, 2.05) is 12.1 Å². The Bertz CT molecular complexity index is 801. The van der Waals surface area contributed by atoms with Crippen LogP contribution in [0.5, 0.6) is 0 Å². The number of hydrogen-bond acceptors (Lipinski definition) is 3. The van der Waals surface area contributed by atoms with Gasteiger partial charge in [-0.3, -0.25) is 4.79 Å². The molecule has 96 valence electrons. The zero-order valence-electron chi connectivity index (χ0n) is 10.8. The Labute approximate surface area is 109 Å². The lowest BCUT2D eigenvalue weighted by Gasteiger charge is -2.06. The van der Waals surface area contributed by atoms with Crippen LogP contribution in [0.25, 0.3) is 11.0 Å². The first-order chi connectivity index (χ1) is 9.15. The topological polar surface area (TPSA) is 63.6 Å². The molecule has 2 heterocycles. The summed E-state index contributed by atoms with van der Waals surface area (Å²) in [5.41, 5.74) is 2.86. The second kappa shape index (κ2) is 4.35. The van der Waals surface area contributed by atoms with Crippen LogP contribution in [0.1, 0.15) is 17.0 Å². The second-order valence-corrected chi connectivity index (χ2v) is 4.62. The summed E-state index contributed by atoms with van der Waals surface area (Å²) >= 11 is 0. The maximum atomic E-state index is 11.8. The average Bonchev–Trinajstić information content (AvgIpc) is 2.76. The molecule has 5 heteroatoms. The fourth-order valence-corrected chi connectivity index (χ4v) is 2.14. The van der Waals surface area contributed by atoms with Gasteiger partial charge in [0.1, 0.15) is 11.2 Å². The molecule has 19 heavy (non-hydrogen) atoms. The van der Waals surface area contributed by atoms with Crippen LogP contribution in [0.4, 0.5) is 0 Å². The number of hydrogen-bond donors (Lipinski definition) is 1. The van der Waals surface area contributed by atoms with E-state index in [0.29, 0.717) is 23.4 Å². The molecule has 3 rings (SSSR count). The van der Waals surface area contributed by atoms with Crippen LogP contribution in [0.2, 0.25) is 0 Å². The fraction of sp³-hybridized carbons (Fsp3) is 0.214. The Hall–Kier alpha value is -2.43. The van der Waals surface area contributed by atoms with E-state index in [-0.39, 0.29) is 5.56 Å². The van der Waals surface area contributed by atoms with Crippen molar-refractivity contribution in [1.29, 1.82) is 0 Å². The Morgan fingerprint density at radius 2 is 2.05 bits per heavy atom. The van der Waals surface area contributed by atoms with Gasteiger partial charge in [-0.05, 0) is 25.0 Å². The molecule has 0 saturated heterocycles. The van der Waals surface area contributed by atoms with E-state index in [2.05, 4.69) is 34.1 Å². The number of fused-ring (bicyclic) bond motifs is 1. The molecule has 5 nitrogen and oxygen atoms in total. The Kier molecular flexibility index (Phi) is 2.67. The summed E-state index contributed by atoms with van der Waals surface area (Å²) in [4.78, 5) is 18.8. The van der Waals surface area contributed by atoms with Crippen molar-refractivity contribution >= 4 is 11.0 Å². The van der Waals surface area contributed by atoms with E-state index in [0.717, 1.165) is 0 Å². The summed E-state index contributed by atoms with van der Waals surface area (Å²) in [5, 5.41) is 4.79. The minimum atomic E-state index is -0.140. The minimum absolute atomic E-state index is 0.140. The van der Waals surface area contributed by atoms with Crippen molar-refractivity contribution in [3.8, 4) is 0 Å². The van der Waals surface area contributed by atoms with Crippen molar-refractivity contribution in [1.82, 2.24) is 19.7 Å². The van der Waals surface area contributed by atoms with Gasteiger partial charge in [-0.1, -0.05) is 24.3 Å². The lowest BCUT2D eigenvalue weighted by molar-refractivity contribution is 0.699. The highest BCUT2D eigenvalue weighted by atomic mass is 16.1. The summed E-state index contributed by atoms with van der Waals surface area (Å²) in [7, 11) is 0. The van der Waals surface area contributed by atoms with E-state index < -0.39 is 0 Å². The molecule has 0 spiro atoms. The number of aromatic nitrogens is 4. The van der Waals surface area contributed by atoms with Crippen molar-refractivity contribution in [3.05, 3.63) is 57.8 Å². The van der Waals surface area contributed by atoms with Gasteiger partial charge in [0.2, 0.25) is 0 Å². The molecule has 1 aromatic carbocycles. The van der Waals surface area contributed by atoms with Crippen molar-refractivity contribution < 1.29 is 0 Å². The van der Waals surface area contributed by atoms with Gasteiger partial charge in [0, 0.05) is 0 Å². The summed E-state index contributed by atoms with van der Waals surface area (Å²) in [6.45, 7) is 4.45. The molecular weight excluding hydrogens is 240 g/mol. The molecule has 0 saturated carbocycles. The van der Waals surface area contributed by atoms with Crippen LogP contribution in [0, 0.1) is 13.8 Å². The summed E-state index contributed by atoms with van der Waals surface area (Å²) < 4.78 is 1.76. The highest BCUT2D eigenvalue weighted by molar-refractivity contribution is 5.73. The summed E-state index contributed by atoms with van der Waals surface area (Å²) in [6, 6.07) is 8.13. The van der Waals surface area contributed by atoms with Gasteiger partial charge in [0.15, 0.2) is 5.65 Å². The first kappa shape index (κ1) is 11.6. The second-order valence-electron chi connectivity index (χ2n) is 4.62. The van der Waals surface area contributed by atoms with Crippen molar-refractivity contribution in [2.75, 3.05) is 0 Å². The van der Waals surface area contributed by atoms with Gasteiger partial charge < -0.3 is 4.98 Å². The van der Waals surface area contributed by atoms with Crippen molar-refractivity contribution in [2.45, 2.75) is 20.4 Å². The number of H-pyrrole nitrogens is 1. The standard InChI is InChI=1S/C14H14N4O/c1-9-5-3-4-6-11(9)8-18-13-12(7-15-18)14(19)17-10(2)16-13/h3-7H,8H2,1-2H3,(H,16,17,19). The van der Waals surface area contributed by atoms with Crippen molar-refractivity contribution in [3.63, 3.8) is 0 Å². The highest BCUT2D eigenvalue weighted by Crippen LogP contribution is 2.12. The molecule has 2 aromatic heterocycles. The van der Waals surface area contributed by atoms with E-state index in [9.17, 15) is 4.79 Å². The largest absolute Gasteiger partial charge is 0.310 e. The molecule has 3 aromatic rings. The van der Waals surface area contributed by atoms with Gasteiger partial charge in [0.25, 0.3) is 5.56 Å². The smallest absolute Gasteiger partial charge is 0.262 e. The lowest BCUT2D eigenvalue weighted by Crippen LogP contribution is -2.11. The summed E-state index contributed by atoms with van der Waals surface area (Å²) in [5.74, 6) is 0.601. The molecule has 0 radical (unpaired) electrons. The number of benzene rings is 1. The quantitative estimate of drug-likeness (QED) is 0.758. The monoisotopic (exact) mass is 254 g/mol. The van der Waals surface area contributed by atoms with Gasteiger partial charge in [-0.25, -0.2) is 9.67 Å². The number of aryl methyl sites for hydroxylation is 2. The lowest BCUT2D eigenvalue weighted by atomic mass is 10.1.